The zero-order valence-corrected chi connectivity index (χ0v) is 20.6. The molecule has 1 saturated heterocycles. The second kappa shape index (κ2) is 11.0. The monoisotopic (exact) mass is 507 g/mol. The summed E-state index contributed by atoms with van der Waals surface area (Å²) in [5.74, 6) is 0.910. The fourth-order valence-corrected chi connectivity index (χ4v) is 4.63. The minimum atomic E-state index is -0.689. The number of rotatable bonds is 9. The maximum atomic E-state index is 13.2. The molecule has 3 aromatic rings. The third-order valence-electron chi connectivity index (χ3n) is 6.72. The Labute approximate surface area is 213 Å². The molecule has 4 heterocycles. The van der Waals surface area contributed by atoms with Crippen molar-refractivity contribution in [1.82, 2.24) is 25.0 Å². The van der Waals surface area contributed by atoms with E-state index < -0.39 is 12.1 Å². The number of hydrogen-bond acceptors (Lipinski definition) is 8. The molecule has 1 N–H and O–H groups in total. The largest absolute Gasteiger partial charge is 0.497 e. The van der Waals surface area contributed by atoms with Crippen LogP contribution in [0.4, 0.5) is 4.79 Å². The fourth-order valence-electron chi connectivity index (χ4n) is 4.63. The number of aromatic nitrogens is 1. The number of carbonyl (C=O) groups is 3. The van der Waals surface area contributed by atoms with Gasteiger partial charge >= 0.3 is 6.03 Å². The lowest BCUT2D eigenvalue weighted by molar-refractivity contribution is -0.116. The van der Waals surface area contributed by atoms with E-state index in [0.29, 0.717) is 55.4 Å². The summed E-state index contributed by atoms with van der Waals surface area (Å²) >= 11 is 0. The summed E-state index contributed by atoms with van der Waals surface area (Å²) in [6, 6.07) is 7.69. The molecule has 0 spiro atoms. The third kappa shape index (κ3) is 5.42. The molecule has 0 radical (unpaired) electrons. The van der Waals surface area contributed by atoms with Crippen molar-refractivity contribution in [2.75, 3.05) is 53.0 Å². The molecule has 2 aliphatic heterocycles. The highest BCUT2D eigenvalue weighted by Gasteiger charge is 2.32. The predicted molar refractivity (Wildman–Crippen MR) is 133 cm³/mol. The molecule has 0 unspecified atom stereocenters. The summed E-state index contributed by atoms with van der Waals surface area (Å²) < 4.78 is 16.6. The first-order valence-electron chi connectivity index (χ1n) is 12.2. The lowest BCUT2D eigenvalue weighted by atomic mass is 10.1. The van der Waals surface area contributed by atoms with Crippen LogP contribution >= 0.6 is 0 Å². The van der Waals surface area contributed by atoms with E-state index in [1.807, 2.05) is 12.1 Å². The van der Waals surface area contributed by atoms with E-state index in [4.69, 9.17) is 13.9 Å². The van der Waals surface area contributed by atoms with Gasteiger partial charge in [-0.3, -0.25) is 24.4 Å². The first-order chi connectivity index (χ1) is 18.1. The summed E-state index contributed by atoms with van der Waals surface area (Å²) in [6.45, 7) is 4.12. The van der Waals surface area contributed by atoms with E-state index in [1.54, 1.807) is 42.6 Å². The van der Waals surface area contributed by atoms with Crippen LogP contribution in [-0.4, -0.2) is 91.1 Å². The van der Waals surface area contributed by atoms with Gasteiger partial charge in [0.1, 0.15) is 23.1 Å². The molecule has 37 heavy (non-hydrogen) atoms. The number of pyridine rings is 1. The Morgan fingerprint density at radius 1 is 1.27 bits per heavy atom. The second-order valence-corrected chi connectivity index (χ2v) is 9.03. The number of nitrogens with one attached hydrogen (secondary N) is 1. The first-order valence-corrected chi connectivity index (χ1v) is 12.2. The molecule has 1 fully saturated rings. The number of nitrogens with zero attached hydrogens (tertiary/aromatic N) is 4. The van der Waals surface area contributed by atoms with E-state index in [2.05, 4.69) is 15.2 Å². The zero-order chi connectivity index (χ0) is 25.8. The van der Waals surface area contributed by atoms with Crippen LogP contribution in [0.1, 0.15) is 27.7 Å². The van der Waals surface area contributed by atoms with Crippen LogP contribution in [0.25, 0.3) is 11.0 Å². The molecule has 2 aromatic heterocycles. The van der Waals surface area contributed by atoms with Gasteiger partial charge in [0.15, 0.2) is 0 Å². The Kier molecular flexibility index (Phi) is 7.33. The van der Waals surface area contributed by atoms with E-state index >= 15 is 0 Å². The standard InChI is InChI=1S/C26H29N5O6/c1-35-20-3-2-18-15-31(25(33)21(18)13-20)16-22(24-12-19-14-27-5-4-23(19)37-24)28-26(34)30(17-32)7-6-29-8-10-36-11-9-29/h2-5,12-14,17,22H,6-11,15-16H2,1H3,(H,28,34)/t22-/m0/s1. The number of urea groups is 1. The van der Waals surface area contributed by atoms with Crippen LogP contribution in [0.5, 0.6) is 5.75 Å². The number of morpholine rings is 1. The Balaban J connectivity index is 1.34. The second-order valence-electron chi connectivity index (χ2n) is 9.03. The first kappa shape index (κ1) is 24.7. The molecule has 4 amide bonds. The van der Waals surface area contributed by atoms with Crippen molar-refractivity contribution in [2.24, 2.45) is 0 Å². The van der Waals surface area contributed by atoms with Crippen LogP contribution < -0.4 is 10.1 Å². The summed E-state index contributed by atoms with van der Waals surface area (Å²) in [7, 11) is 1.55. The van der Waals surface area contributed by atoms with Gasteiger partial charge in [-0.15, -0.1) is 0 Å². The number of imide groups is 1. The number of ether oxygens (including phenoxy) is 2. The summed E-state index contributed by atoms with van der Waals surface area (Å²) in [5, 5.41) is 3.68. The lowest BCUT2D eigenvalue weighted by Gasteiger charge is -2.29. The van der Waals surface area contributed by atoms with Gasteiger partial charge in [0.25, 0.3) is 5.91 Å². The van der Waals surface area contributed by atoms with Crippen LogP contribution in [0, 0.1) is 0 Å². The predicted octanol–water partition coefficient (Wildman–Crippen LogP) is 2.03. The molecule has 2 aliphatic rings. The van der Waals surface area contributed by atoms with Crippen molar-refractivity contribution in [1.29, 1.82) is 0 Å². The Morgan fingerprint density at radius 3 is 2.86 bits per heavy atom. The lowest BCUT2D eigenvalue weighted by Crippen LogP contribution is -2.47. The number of methoxy groups -OCH3 is 1. The average Bonchev–Trinajstić information content (AvgIpc) is 3.50. The Bertz CT molecular complexity index is 1250. The normalized spacial score (nSPS) is 16.5. The van der Waals surface area contributed by atoms with Crippen LogP contribution in [0.2, 0.25) is 0 Å². The van der Waals surface area contributed by atoms with Crippen molar-refractivity contribution in [2.45, 2.75) is 12.6 Å². The highest BCUT2D eigenvalue weighted by atomic mass is 16.5. The summed E-state index contributed by atoms with van der Waals surface area (Å²) in [4.78, 5) is 47.2. The van der Waals surface area contributed by atoms with Gasteiger partial charge in [-0.25, -0.2) is 4.79 Å². The van der Waals surface area contributed by atoms with E-state index in [-0.39, 0.29) is 19.0 Å². The van der Waals surface area contributed by atoms with Crippen molar-refractivity contribution >= 4 is 29.3 Å². The van der Waals surface area contributed by atoms with Gasteiger partial charge in [0.05, 0.1) is 20.3 Å². The minimum Gasteiger partial charge on any atom is -0.497 e. The maximum Gasteiger partial charge on any atom is 0.324 e. The Hall–Kier alpha value is -3.96. The quantitative estimate of drug-likeness (QED) is 0.437. The fraction of sp³-hybridized carbons (Fsp3) is 0.385. The highest BCUT2D eigenvalue weighted by Crippen LogP contribution is 2.30. The molecule has 194 valence electrons. The number of fused-ring (bicyclic) bond motifs is 2. The van der Waals surface area contributed by atoms with Crippen molar-refractivity contribution in [3.05, 3.63) is 59.6 Å². The maximum absolute atomic E-state index is 13.2. The van der Waals surface area contributed by atoms with E-state index in [0.717, 1.165) is 28.9 Å². The summed E-state index contributed by atoms with van der Waals surface area (Å²) in [5.41, 5.74) is 2.06. The molecule has 5 rings (SSSR count). The average molecular weight is 508 g/mol. The molecular weight excluding hydrogens is 478 g/mol. The topological polar surface area (TPSA) is 117 Å². The van der Waals surface area contributed by atoms with Gasteiger partial charge in [-0.2, -0.15) is 0 Å². The number of furan rings is 1. The third-order valence-corrected chi connectivity index (χ3v) is 6.72. The van der Waals surface area contributed by atoms with Crippen LogP contribution in [-0.2, 0) is 16.1 Å². The molecule has 0 aliphatic carbocycles. The van der Waals surface area contributed by atoms with Gasteiger partial charge in [-0.1, -0.05) is 6.07 Å². The molecular formula is C26H29N5O6. The molecule has 1 aromatic carbocycles. The van der Waals surface area contributed by atoms with Gasteiger partial charge in [-0.05, 0) is 29.8 Å². The summed E-state index contributed by atoms with van der Waals surface area (Å²) in [6.07, 6.45) is 3.82. The van der Waals surface area contributed by atoms with Gasteiger partial charge in [0.2, 0.25) is 6.41 Å². The van der Waals surface area contributed by atoms with Crippen LogP contribution in [0.3, 0.4) is 0 Å². The van der Waals surface area contributed by atoms with Crippen molar-refractivity contribution in [3.8, 4) is 5.75 Å². The van der Waals surface area contributed by atoms with E-state index in [9.17, 15) is 14.4 Å². The highest BCUT2D eigenvalue weighted by molar-refractivity contribution is 5.98. The SMILES string of the molecule is COc1ccc2c(c1)C(=O)N(C[C@H](NC(=O)N(C=O)CCN1CCOCC1)c1cc3cnccc3o1)C2. The number of amides is 4. The van der Waals surface area contributed by atoms with Crippen LogP contribution in [0.15, 0.2) is 47.1 Å². The minimum absolute atomic E-state index is 0.158. The molecule has 1 atom stereocenters. The number of benzene rings is 1. The Morgan fingerprint density at radius 2 is 2.11 bits per heavy atom. The number of carbonyl (C=O) groups excluding carboxylic acids is 3. The van der Waals surface area contributed by atoms with Crippen molar-refractivity contribution < 1.29 is 28.3 Å². The molecule has 0 bridgehead atoms. The number of hydrogen-bond donors (Lipinski definition) is 1. The molecule has 11 nitrogen and oxygen atoms in total. The van der Waals surface area contributed by atoms with E-state index in [1.165, 1.54) is 0 Å². The van der Waals surface area contributed by atoms with Gasteiger partial charge < -0.3 is 24.1 Å². The zero-order valence-electron chi connectivity index (χ0n) is 20.6. The smallest absolute Gasteiger partial charge is 0.324 e. The molecule has 11 heteroatoms. The molecule has 0 saturated carbocycles. The van der Waals surface area contributed by atoms with Crippen molar-refractivity contribution in [3.63, 3.8) is 0 Å². The van der Waals surface area contributed by atoms with Gasteiger partial charge in [0, 0.05) is 62.6 Å².